The summed E-state index contributed by atoms with van der Waals surface area (Å²) in [6.45, 7) is 0. The Morgan fingerprint density at radius 1 is 1.14 bits per heavy atom. The van der Waals surface area contributed by atoms with Crippen molar-refractivity contribution in [1.82, 2.24) is 0 Å². The molecular formula is C7H11NO6. The smallest absolute Gasteiger partial charge is 0.332 e. The molecule has 0 aromatic carbocycles. The molecule has 0 saturated carbocycles. The van der Waals surface area contributed by atoms with E-state index >= 15 is 0 Å². The number of hydrogen-bond acceptors (Lipinski definition) is 4. The van der Waals surface area contributed by atoms with Gasteiger partial charge in [-0.2, -0.15) is 0 Å². The molecular weight excluding hydrogens is 194 g/mol. The van der Waals surface area contributed by atoms with Crippen LogP contribution >= 0.6 is 0 Å². The molecule has 0 unspecified atom stereocenters. The molecule has 0 amide bonds. The topological polar surface area (TPSA) is 138 Å². The van der Waals surface area contributed by atoms with Crippen molar-refractivity contribution in [1.29, 1.82) is 0 Å². The summed E-state index contributed by atoms with van der Waals surface area (Å²) in [6.07, 6.45) is -0.446. The molecule has 0 atom stereocenters. The quantitative estimate of drug-likeness (QED) is 0.437. The fourth-order valence-corrected chi connectivity index (χ4v) is 0.500. The molecule has 7 heteroatoms. The standard InChI is InChI=1S/C6H6O6.CH5N/c7-4(8)1-3(6(11)12)2-5(9)10;1-2/h1H,2H2,(H,7,8)(H,9,10)(H,11,12);2H2,1H3. The van der Waals surface area contributed by atoms with Crippen LogP contribution in [0.1, 0.15) is 6.42 Å². The third-order valence-electron chi connectivity index (χ3n) is 0.914. The Labute approximate surface area is 79.5 Å². The third-order valence-corrected chi connectivity index (χ3v) is 0.914. The van der Waals surface area contributed by atoms with Crippen LogP contribution in [0.25, 0.3) is 0 Å². The van der Waals surface area contributed by atoms with Crippen molar-refractivity contribution in [3.05, 3.63) is 11.6 Å². The monoisotopic (exact) mass is 205 g/mol. The van der Waals surface area contributed by atoms with Gasteiger partial charge in [-0.25, -0.2) is 9.59 Å². The maximum Gasteiger partial charge on any atom is 0.332 e. The van der Waals surface area contributed by atoms with E-state index in [0.717, 1.165) is 0 Å². The summed E-state index contributed by atoms with van der Waals surface area (Å²) in [5, 5.41) is 24.5. The van der Waals surface area contributed by atoms with E-state index in [1.165, 1.54) is 7.05 Å². The Bertz CT molecular complexity index is 257. The second-order valence-electron chi connectivity index (χ2n) is 1.88. The number of rotatable bonds is 4. The lowest BCUT2D eigenvalue weighted by Gasteiger charge is -1.94. The maximum atomic E-state index is 10.2. The van der Waals surface area contributed by atoms with Crippen molar-refractivity contribution in [2.75, 3.05) is 7.05 Å². The van der Waals surface area contributed by atoms with E-state index in [1.807, 2.05) is 0 Å². The largest absolute Gasteiger partial charge is 0.481 e. The highest BCUT2D eigenvalue weighted by Crippen LogP contribution is 2.00. The van der Waals surface area contributed by atoms with E-state index in [9.17, 15) is 14.4 Å². The summed E-state index contributed by atoms with van der Waals surface area (Å²) in [6, 6.07) is 0. The molecule has 0 aromatic heterocycles. The number of nitrogens with two attached hydrogens (primary N) is 1. The number of carboxylic acid groups (broad SMARTS) is 3. The number of carboxylic acids is 3. The van der Waals surface area contributed by atoms with Crippen molar-refractivity contribution in [2.45, 2.75) is 6.42 Å². The van der Waals surface area contributed by atoms with Gasteiger partial charge >= 0.3 is 17.9 Å². The fraction of sp³-hybridized carbons (Fsp3) is 0.286. The third kappa shape index (κ3) is 8.21. The SMILES string of the molecule is CN.O=C(O)C=C(CC(=O)O)C(=O)O. The lowest BCUT2D eigenvalue weighted by Crippen LogP contribution is -2.08. The van der Waals surface area contributed by atoms with E-state index in [1.54, 1.807) is 0 Å². The first-order valence-electron chi connectivity index (χ1n) is 3.40. The van der Waals surface area contributed by atoms with E-state index in [4.69, 9.17) is 15.3 Å². The van der Waals surface area contributed by atoms with E-state index < -0.39 is 29.9 Å². The van der Waals surface area contributed by atoms with Crippen LogP contribution in [0.5, 0.6) is 0 Å². The lowest BCUT2D eigenvalue weighted by molar-refractivity contribution is -0.140. The highest BCUT2D eigenvalue weighted by molar-refractivity contribution is 5.98. The minimum atomic E-state index is -1.54. The van der Waals surface area contributed by atoms with Crippen LogP contribution in [-0.2, 0) is 14.4 Å². The number of carbonyl (C=O) groups is 3. The molecule has 0 bridgehead atoms. The molecule has 0 aliphatic heterocycles. The molecule has 0 heterocycles. The molecule has 80 valence electrons. The van der Waals surface area contributed by atoms with E-state index in [2.05, 4.69) is 5.73 Å². The van der Waals surface area contributed by atoms with Gasteiger partial charge in [-0.15, -0.1) is 0 Å². The zero-order valence-corrected chi connectivity index (χ0v) is 7.43. The van der Waals surface area contributed by atoms with Gasteiger partial charge in [-0.05, 0) is 7.05 Å². The second kappa shape index (κ2) is 7.74. The number of aliphatic carboxylic acids is 3. The minimum absolute atomic E-state index is 0.358. The van der Waals surface area contributed by atoms with Gasteiger partial charge < -0.3 is 21.1 Å². The van der Waals surface area contributed by atoms with Gasteiger partial charge in [0.05, 0.1) is 12.0 Å². The molecule has 0 aliphatic carbocycles. The van der Waals surface area contributed by atoms with Crippen LogP contribution in [0.15, 0.2) is 11.6 Å². The average Bonchev–Trinajstić information content (AvgIpc) is 2.05. The highest BCUT2D eigenvalue weighted by Gasteiger charge is 2.12. The van der Waals surface area contributed by atoms with Gasteiger partial charge in [0.25, 0.3) is 0 Å². The summed E-state index contributed by atoms with van der Waals surface area (Å²) in [7, 11) is 1.50. The zero-order chi connectivity index (χ0) is 11.7. The Balaban J connectivity index is 0. The zero-order valence-electron chi connectivity index (χ0n) is 7.43. The van der Waals surface area contributed by atoms with Gasteiger partial charge in [0.15, 0.2) is 0 Å². The minimum Gasteiger partial charge on any atom is -0.481 e. The Kier molecular flexibility index (Phi) is 8.09. The summed E-state index contributed by atoms with van der Waals surface area (Å²) >= 11 is 0. The van der Waals surface area contributed by atoms with Gasteiger partial charge in [-0.3, -0.25) is 4.79 Å². The summed E-state index contributed by atoms with van der Waals surface area (Å²) in [5.74, 6) is -4.40. The lowest BCUT2D eigenvalue weighted by atomic mass is 10.2. The van der Waals surface area contributed by atoms with Crippen LogP contribution in [0.2, 0.25) is 0 Å². The molecule has 0 fully saturated rings. The molecule has 0 aliphatic rings. The van der Waals surface area contributed by atoms with Crippen molar-refractivity contribution < 1.29 is 29.7 Å². The van der Waals surface area contributed by atoms with Crippen LogP contribution in [0.3, 0.4) is 0 Å². The molecule has 0 spiro atoms. The number of hydrogen-bond donors (Lipinski definition) is 4. The van der Waals surface area contributed by atoms with Crippen LogP contribution in [-0.4, -0.2) is 40.3 Å². The van der Waals surface area contributed by atoms with Crippen molar-refractivity contribution in [3.8, 4) is 0 Å². The van der Waals surface area contributed by atoms with Crippen LogP contribution in [0.4, 0.5) is 0 Å². The Morgan fingerprint density at radius 3 is 1.79 bits per heavy atom. The van der Waals surface area contributed by atoms with Gasteiger partial charge in [0, 0.05) is 6.08 Å². The van der Waals surface area contributed by atoms with E-state index in [0.29, 0.717) is 6.08 Å². The molecule has 5 N–H and O–H groups in total. The van der Waals surface area contributed by atoms with Crippen molar-refractivity contribution >= 4 is 17.9 Å². The van der Waals surface area contributed by atoms with Crippen molar-refractivity contribution in [2.24, 2.45) is 5.73 Å². The molecule has 0 radical (unpaired) electrons. The summed E-state index contributed by atoms with van der Waals surface area (Å²) in [5.41, 5.74) is 3.84. The average molecular weight is 205 g/mol. The highest BCUT2D eigenvalue weighted by atomic mass is 16.4. The molecule has 14 heavy (non-hydrogen) atoms. The first kappa shape index (κ1) is 14.6. The molecule has 0 rings (SSSR count). The first-order valence-corrected chi connectivity index (χ1v) is 3.40. The van der Waals surface area contributed by atoms with Crippen LogP contribution < -0.4 is 5.73 Å². The predicted molar refractivity (Wildman–Crippen MR) is 45.7 cm³/mol. The van der Waals surface area contributed by atoms with E-state index in [-0.39, 0.29) is 0 Å². The Hall–Kier alpha value is -1.89. The summed E-state index contributed by atoms with van der Waals surface area (Å²) in [4.78, 5) is 30.1. The van der Waals surface area contributed by atoms with Gasteiger partial charge in [-0.1, -0.05) is 0 Å². The second-order valence-corrected chi connectivity index (χ2v) is 1.88. The van der Waals surface area contributed by atoms with Gasteiger partial charge in [0.2, 0.25) is 0 Å². The first-order chi connectivity index (χ1) is 6.43. The van der Waals surface area contributed by atoms with Gasteiger partial charge in [0.1, 0.15) is 0 Å². The molecule has 0 aromatic rings. The van der Waals surface area contributed by atoms with Crippen LogP contribution in [0, 0.1) is 0 Å². The molecule has 0 saturated heterocycles. The normalized spacial score (nSPS) is 9.71. The fourth-order valence-electron chi connectivity index (χ4n) is 0.500. The van der Waals surface area contributed by atoms with Crippen molar-refractivity contribution in [3.63, 3.8) is 0 Å². The summed E-state index contributed by atoms with van der Waals surface area (Å²) < 4.78 is 0. The molecule has 7 nitrogen and oxygen atoms in total. The maximum absolute atomic E-state index is 10.2. The Morgan fingerprint density at radius 2 is 1.57 bits per heavy atom. The predicted octanol–water partition coefficient (Wildman–Crippen LogP) is -0.868.